The zero-order valence-corrected chi connectivity index (χ0v) is 13.4. The number of thioether (sulfide) groups is 1. The molecule has 4 heteroatoms. The molecule has 0 fully saturated rings. The van der Waals surface area contributed by atoms with Crippen molar-refractivity contribution in [1.29, 1.82) is 0 Å². The number of aromatic nitrogens is 1. The smallest absolute Gasteiger partial charge is 0.124 e. The van der Waals surface area contributed by atoms with Gasteiger partial charge in [-0.1, -0.05) is 31.2 Å². The summed E-state index contributed by atoms with van der Waals surface area (Å²) in [7, 11) is 0. The average Bonchev–Trinajstić information content (AvgIpc) is 2.99. The van der Waals surface area contributed by atoms with Crippen molar-refractivity contribution < 1.29 is 0 Å². The van der Waals surface area contributed by atoms with E-state index in [0.29, 0.717) is 0 Å². The van der Waals surface area contributed by atoms with Gasteiger partial charge >= 0.3 is 0 Å². The van der Waals surface area contributed by atoms with Crippen molar-refractivity contribution in [2.24, 2.45) is 0 Å². The van der Waals surface area contributed by atoms with Gasteiger partial charge in [0.25, 0.3) is 0 Å². The molecule has 2 N–H and O–H groups in total. The molecule has 106 valence electrons. The molecule has 0 aliphatic rings. The number of hydrogen-bond donors (Lipinski definition) is 1. The molecule has 0 aliphatic carbocycles. The van der Waals surface area contributed by atoms with Crippen molar-refractivity contribution in [2.75, 3.05) is 11.5 Å². The number of rotatable bonds is 4. The molecule has 21 heavy (non-hydrogen) atoms. The van der Waals surface area contributed by atoms with Crippen molar-refractivity contribution in [1.82, 2.24) is 4.98 Å². The van der Waals surface area contributed by atoms with Crippen molar-refractivity contribution in [3.8, 4) is 21.8 Å². The van der Waals surface area contributed by atoms with Gasteiger partial charge in [-0.3, -0.25) is 0 Å². The van der Waals surface area contributed by atoms with E-state index in [2.05, 4.69) is 36.6 Å². The van der Waals surface area contributed by atoms with E-state index < -0.39 is 0 Å². The number of anilines is 1. The molecule has 0 radical (unpaired) electrons. The van der Waals surface area contributed by atoms with Gasteiger partial charge in [0.1, 0.15) is 5.01 Å². The van der Waals surface area contributed by atoms with Gasteiger partial charge in [-0.15, -0.1) is 23.1 Å². The molecule has 0 saturated carbocycles. The molecule has 2 aromatic carbocycles. The SMILES string of the molecule is CCSc1ccc(-c2nc(-c3ccc(N)cc3)cs2)cc1. The Labute approximate surface area is 133 Å². The van der Waals surface area contributed by atoms with Crippen molar-refractivity contribution in [2.45, 2.75) is 11.8 Å². The minimum atomic E-state index is 0.776. The van der Waals surface area contributed by atoms with Crippen LogP contribution in [0, 0.1) is 0 Å². The highest BCUT2D eigenvalue weighted by Gasteiger charge is 2.06. The molecule has 3 aromatic rings. The molecular weight excluding hydrogens is 296 g/mol. The van der Waals surface area contributed by atoms with Crippen molar-refractivity contribution in [3.63, 3.8) is 0 Å². The molecule has 3 rings (SSSR count). The van der Waals surface area contributed by atoms with Crippen LogP contribution in [0.2, 0.25) is 0 Å². The fourth-order valence-electron chi connectivity index (χ4n) is 2.05. The minimum absolute atomic E-state index is 0.776. The van der Waals surface area contributed by atoms with E-state index in [1.165, 1.54) is 10.5 Å². The quantitative estimate of drug-likeness (QED) is 0.533. The van der Waals surface area contributed by atoms with Crippen LogP contribution in [0.1, 0.15) is 6.92 Å². The third-order valence-electron chi connectivity index (χ3n) is 3.12. The van der Waals surface area contributed by atoms with Crippen LogP contribution in [0.4, 0.5) is 5.69 Å². The lowest BCUT2D eigenvalue weighted by atomic mass is 10.1. The van der Waals surface area contributed by atoms with Crippen molar-refractivity contribution >= 4 is 28.8 Å². The fourth-order valence-corrected chi connectivity index (χ4v) is 3.55. The lowest BCUT2D eigenvalue weighted by molar-refractivity contribution is 1.38. The number of hydrogen-bond acceptors (Lipinski definition) is 4. The van der Waals surface area contributed by atoms with Gasteiger partial charge in [-0.2, -0.15) is 0 Å². The summed E-state index contributed by atoms with van der Waals surface area (Å²) in [5.74, 6) is 1.10. The Morgan fingerprint density at radius 2 is 1.67 bits per heavy atom. The molecule has 2 nitrogen and oxygen atoms in total. The predicted octanol–water partition coefficient (Wildman–Crippen LogP) is 5.17. The number of benzene rings is 2. The highest BCUT2D eigenvalue weighted by Crippen LogP contribution is 2.30. The summed E-state index contributed by atoms with van der Waals surface area (Å²) in [4.78, 5) is 6.03. The summed E-state index contributed by atoms with van der Waals surface area (Å²) in [6, 6.07) is 16.4. The van der Waals surface area contributed by atoms with Gasteiger partial charge in [-0.05, 0) is 30.0 Å². The molecule has 0 saturated heterocycles. The lowest BCUT2D eigenvalue weighted by Gasteiger charge is -2.00. The maximum absolute atomic E-state index is 5.72. The van der Waals surface area contributed by atoms with E-state index in [1.54, 1.807) is 11.3 Å². The van der Waals surface area contributed by atoms with Crippen LogP contribution in [-0.4, -0.2) is 10.7 Å². The van der Waals surface area contributed by atoms with Crippen LogP contribution in [-0.2, 0) is 0 Å². The first-order chi connectivity index (χ1) is 10.3. The van der Waals surface area contributed by atoms with E-state index in [4.69, 9.17) is 10.7 Å². The fraction of sp³-hybridized carbons (Fsp3) is 0.118. The summed E-state index contributed by atoms with van der Waals surface area (Å²) in [6.07, 6.45) is 0. The highest BCUT2D eigenvalue weighted by atomic mass is 32.2. The molecular formula is C17H16N2S2. The maximum atomic E-state index is 5.72. The standard InChI is InChI=1S/C17H16N2S2/c1-2-20-15-9-5-13(6-10-15)17-19-16(11-21-17)12-3-7-14(18)8-4-12/h3-11H,2,18H2,1H3. The Balaban J connectivity index is 1.85. The topological polar surface area (TPSA) is 38.9 Å². The van der Waals surface area contributed by atoms with E-state index in [0.717, 1.165) is 27.7 Å². The number of nitrogen functional groups attached to an aromatic ring is 1. The second-order valence-corrected chi connectivity index (χ2v) is 6.81. The van der Waals surface area contributed by atoms with E-state index in [-0.39, 0.29) is 0 Å². The van der Waals surface area contributed by atoms with Gasteiger partial charge in [0.05, 0.1) is 5.69 Å². The van der Waals surface area contributed by atoms with Crippen molar-refractivity contribution in [3.05, 3.63) is 53.9 Å². The second kappa shape index (κ2) is 6.33. The minimum Gasteiger partial charge on any atom is -0.399 e. The second-order valence-electron chi connectivity index (χ2n) is 4.62. The third-order valence-corrected chi connectivity index (χ3v) is 4.91. The average molecular weight is 312 g/mol. The Bertz CT molecular complexity index is 715. The summed E-state index contributed by atoms with van der Waals surface area (Å²) in [6.45, 7) is 2.16. The van der Waals surface area contributed by atoms with Crippen LogP contribution >= 0.6 is 23.1 Å². The normalized spacial score (nSPS) is 10.7. The Kier molecular flexibility index (Phi) is 4.27. The Morgan fingerprint density at radius 3 is 2.33 bits per heavy atom. The van der Waals surface area contributed by atoms with E-state index in [1.807, 2.05) is 36.0 Å². The lowest BCUT2D eigenvalue weighted by Crippen LogP contribution is -1.84. The Morgan fingerprint density at radius 1 is 1.00 bits per heavy atom. The van der Waals surface area contributed by atoms with Gasteiger partial charge in [0.2, 0.25) is 0 Å². The van der Waals surface area contributed by atoms with E-state index in [9.17, 15) is 0 Å². The molecule has 0 amide bonds. The molecule has 1 aromatic heterocycles. The Hall–Kier alpha value is -1.78. The van der Waals surface area contributed by atoms with Crippen LogP contribution in [0.25, 0.3) is 21.8 Å². The molecule has 0 atom stereocenters. The first kappa shape index (κ1) is 14.2. The van der Waals surface area contributed by atoms with Gasteiger partial charge in [-0.25, -0.2) is 4.98 Å². The third kappa shape index (κ3) is 3.28. The van der Waals surface area contributed by atoms with Gasteiger partial charge < -0.3 is 5.73 Å². The van der Waals surface area contributed by atoms with Crippen LogP contribution in [0.3, 0.4) is 0 Å². The summed E-state index contributed by atoms with van der Waals surface area (Å²) in [5.41, 5.74) is 9.77. The van der Waals surface area contributed by atoms with Crippen LogP contribution in [0.15, 0.2) is 58.8 Å². The summed E-state index contributed by atoms with van der Waals surface area (Å²) in [5, 5.41) is 3.14. The predicted molar refractivity (Wildman–Crippen MR) is 93.8 cm³/mol. The largest absolute Gasteiger partial charge is 0.399 e. The molecule has 0 spiro atoms. The summed E-state index contributed by atoms with van der Waals surface area (Å²) >= 11 is 3.53. The van der Waals surface area contributed by atoms with Crippen LogP contribution < -0.4 is 5.73 Å². The first-order valence-electron chi connectivity index (χ1n) is 6.81. The molecule has 0 bridgehead atoms. The molecule has 0 unspecified atom stereocenters. The molecule has 0 aliphatic heterocycles. The summed E-state index contributed by atoms with van der Waals surface area (Å²) < 4.78 is 0. The van der Waals surface area contributed by atoms with Gasteiger partial charge in [0.15, 0.2) is 0 Å². The van der Waals surface area contributed by atoms with Crippen LogP contribution in [0.5, 0.6) is 0 Å². The maximum Gasteiger partial charge on any atom is 0.124 e. The number of nitrogens with two attached hydrogens (primary N) is 1. The van der Waals surface area contributed by atoms with Gasteiger partial charge in [0, 0.05) is 27.1 Å². The number of thiazole rings is 1. The number of nitrogens with zero attached hydrogens (tertiary/aromatic N) is 1. The highest BCUT2D eigenvalue weighted by molar-refractivity contribution is 7.99. The zero-order valence-electron chi connectivity index (χ0n) is 11.7. The monoisotopic (exact) mass is 312 g/mol. The first-order valence-corrected chi connectivity index (χ1v) is 8.67. The van der Waals surface area contributed by atoms with E-state index >= 15 is 0 Å². The zero-order chi connectivity index (χ0) is 14.7. The molecule has 1 heterocycles.